The molecule has 0 spiro atoms. The van der Waals surface area contributed by atoms with Gasteiger partial charge in [-0.15, -0.1) is 0 Å². The topological polar surface area (TPSA) is 39.2 Å². The molecule has 6 rings (SSSR count). The van der Waals surface area contributed by atoms with Gasteiger partial charge in [-0.3, -0.25) is 0 Å². The minimum atomic E-state index is 0.731. The third-order valence-corrected chi connectivity index (χ3v) is 6.48. The standard InChI is InChI=1S/C33H25NO/c34-31(18-16-23-15-17-30-29-13-7-8-14-32(29)35-33(30)19-23)28-21-26(24-9-3-1-4-10-24)20-27(22-28)25-11-5-2-6-12-25/h1-15,17-22H,16,34H2/b31-18-. The molecule has 0 saturated heterocycles. The quantitative estimate of drug-likeness (QED) is 0.285. The van der Waals surface area contributed by atoms with Crippen molar-refractivity contribution in [1.29, 1.82) is 0 Å². The molecular formula is C33H25NO. The van der Waals surface area contributed by atoms with Crippen LogP contribution in [0.3, 0.4) is 0 Å². The van der Waals surface area contributed by atoms with E-state index in [4.69, 9.17) is 10.2 Å². The van der Waals surface area contributed by atoms with Crippen molar-refractivity contribution >= 4 is 27.6 Å². The molecule has 0 amide bonds. The molecule has 2 nitrogen and oxygen atoms in total. The Kier molecular flexibility index (Phi) is 5.40. The van der Waals surface area contributed by atoms with E-state index < -0.39 is 0 Å². The van der Waals surface area contributed by atoms with Crippen LogP contribution in [0.4, 0.5) is 0 Å². The molecule has 0 unspecified atom stereocenters. The maximum atomic E-state index is 6.65. The van der Waals surface area contributed by atoms with Gasteiger partial charge in [0.2, 0.25) is 0 Å². The fourth-order valence-electron chi connectivity index (χ4n) is 4.63. The van der Waals surface area contributed by atoms with E-state index in [9.17, 15) is 0 Å². The van der Waals surface area contributed by atoms with Gasteiger partial charge < -0.3 is 10.2 Å². The minimum Gasteiger partial charge on any atom is -0.456 e. The van der Waals surface area contributed by atoms with Crippen LogP contribution in [-0.4, -0.2) is 0 Å². The first-order valence-electron chi connectivity index (χ1n) is 11.9. The van der Waals surface area contributed by atoms with Gasteiger partial charge in [-0.2, -0.15) is 0 Å². The summed E-state index contributed by atoms with van der Waals surface area (Å²) in [6, 6.07) is 42.1. The summed E-state index contributed by atoms with van der Waals surface area (Å²) in [6.45, 7) is 0. The Morgan fingerprint density at radius 2 is 1.17 bits per heavy atom. The number of nitrogens with two attached hydrogens (primary N) is 1. The summed E-state index contributed by atoms with van der Waals surface area (Å²) in [5, 5.41) is 2.29. The molecule has 0 saturated carbocycles. The minimum absolute atomic E-state index is 0.731. The number of hydrogen-bond acceptors (Lipinski definition) is 2. The number of fused-ring (bicyclic) bond motifs is 3. The lowest BCUT2D eigenvalue weighted by atomic mass is 9.94. The van der Waals surface area contributed by atoms with Gasteiger partial charge in [-0.1, -0.05) is 97.1 Å². The normalized spacial score (nSPS) is 11.8. The van der Waals surface area contributed by atoms with Crippen LogP contribution < -0.4 is 5.73 Å². The lowest BCUT2D eigenvalue weighted by Crippen LogP contribution is -1.99. The molecule has 6 aromatic rings. The summed E-state index contributed by atoms with van der Waals surface area (Å²) in [4.78, 5) is 0. The second kappa shape index (κ2) is 9.00. The van der Waals surface area contributed by atoms with Crippen molar-refractivity contribution in [3.8, 4) is 22.3 Å². The van der Waals surface area contributed by atoms with Crippen LogP contribution in [0.2, 0.25) is 0 Å². The Hall–Kier alpha value is -4.56. The molecule has 0 aliphatic rings. The van der Waals surface area contributed by atoms with Crippen molar-refractivity contribution < 1.29 is 4.42 Å². The second-order valence-electron chi connectivity index (χ2n) is 8.82. The molecule has 0 radical (unpaired) electrons. The Bertz CT molecular complexity index is 1600. The number of para-hydroxylation sites is 1. The van der Waals surface area contributed by atoms with E-state index in [1.807, 2.05) is 30.3 Å². The third kappa shape index (κ3) is 4.22. The second-order valence-corrected chi connectivity index (χ2v) is 8.82. The van der Waals surface area contributed by atoms with E-state index in [1.165, 1.54) is 16.7 Å². The summed E-state index contributed by atoms with van der Waals surface area (Å²) < 4.78 is 6.06. The van der Waals surface area contributed by atoms with Gasteiger partial charge in [-0.25, -0.2) is 0 Å². The molecule has 1 heterocycles. The summed E-state index contributed by atoms with van der Waals surface area (Å²) in [7, 11) is 0. The molecular weight excluding hydrogens is 426 g/mol. The molecule has 2 N–H and O–H groups in total. The highest BCUT2D eigenvalue weighted by Crippen LogP contribution is 2.31. The Labute approximate surface area is 205 Å². The zero-order valence-electron chi connectivity index (χ0n) is 19.3. The first-order chi connectivity index (χ1) is 17.2. The van der Waals surface area contributed by atoms with Gasteiger partial charge in [0.1, 0.15) is 11.2 Å². The third-order valence-electron chi connectivity index (χ3n) is 6.48. The zero-order valence-corrected chi connectivity index (χ0v) is 19.3. The van der Waals surface area contributed by atoms with Gasteiger partial charge in [0.25, 0.3) is 0 Å². The maximum Gasteiger partial charge on any atom is 0.135 e. The van der Waals surface area contributed by atoms with Crippen molar-refractivity contribution in [2.75, 3.05) is 0 Å². The predicted molar refractivity (Wildman–Crippen MR) is 147 cm³/mol. The van der Waals surface area contributed by atoms with E-state index >= 15 is 0 Å². The van der Waals surface area contributed by atoms with E-state index in [-0.39, 0.29) is 0 Å². The smallest absolute Gasteiger partial charge is 0.135 e. The zero-order chi connectivity index (χ0) is 23.6. The molecule has 0 bridgehead atoms. The molecule has 0 aliphatic carbocycles. The highest BCUT2D eigenvalue weighted by Gasteiger charge is 2.09. The summed E-state index contributed by atoms with van der Waals surface area (Å²) in [5.74, 6) is 0. The van der Waals surface area contributed by atoms with Crippen LogP contribution in [-0.2, 0) is 6.42 Å². The number of hydrogen-bond donors (Lipinski definition) is 1. The average Bonchev–Trinajstić information content (AvgIpc) is 3.30. The van der Waals surface area contributed by atoms with Crippen molar-refractivity contribution in [2.45, 2.75) is 6.42 Å². The first kappa shape index (κ1) is 21.0. The molecule has 1 aromatic heterocycles. The van der Waals surface area contributed by atoms with E-state index in [0.29, 0.717) is 0 Å². The lowest BCUT2D eigenvalue weighted by molar-refractivity contribution is 0.668. The first-order valence-corrected chi connectivity index (χ1v) is 11.9. The lowest BCUT2D eigenvalue weighted by Gasteiger charge is -2.11. The predicted octanol–water partition coefficient (Wildman–Crippen LogP) is 8.46. The number of rotatable bonds is 5. The van der Waals surface area contributed by atoms with Gasteiger partial charge in [-0.05, 0) is 70.1 Å². The van der Waals surface area contributed by atoms with Crippen molar-refractivity contribution in [2.24, 2.45) is 5.73 Å². The highest BCUT2D eigenvalue weighted by atomic mass is 16.3. The van der Waals surface area contributed by atoms with E-state index in [1.54, 1.807) is 0 Å². The number of furan rings is 1. The van der Waals surface area contributed by atoms with Crippen LogP contribution >= 0.6 is 0 Å². The van der Waals surface area contributed by atoms with Crippen LogP contribution in [0.1, 0.15) is 11.1 Å². The van der Waals surface area contributed by atoms with E-state index in [2.05, 4.69) is 97.1 Å². The Balaban J connectivity index is 1.36. The largest absolute Gasteiger partial charge is 0.456 e. The van der Waals surface area contributed by atoms with Crippen molar-refractivity contribution in [3.63, 3.8) is 0 Å². The van der Waals surface area contributed by atoms with Crippen LogP contribution in [0.5, 0.6) is 0 Å². The highest BCUT2D eigenvalue weighted by molar-refractivity contribution is 6.04. The van der Waals surface area contributed by atoms with Gasteiger partial charge in [0.05, 0.1) is 0 Å². The number of allylic oxidation sites excluding steroid dienone is 1. The molecule has 168 valence electrons. The van der Waals surface area contributed by atoms with Crippen LogP contribution in [0, 0.1) is 0 Å². The van der Waals surface area contributed by atoms with Crippen molar-refractivity contribution in [3.05, 3.63) is 139 Å². The fourth-order valence-corrected chi connectivity index (χ4v) is 4.63. The SMILES string of the molecule is N/C(=C\Cc1ccc2c(c1)oc1ccccc12)c1cc(-c2ccccc2)cc(-c2ccccc2)c1. The van der Waals surface area contributed by atoms with Crippen molar-refractivity contribution in [1.82, 2.24) is 0 Å². The fraction of sp³-hybridized carbons (Fsp3) is 0.0303. The molecule has 0 fully saturated rings. The van der Waals surface area contributed by atoms with Crippen LogP contribution in [0.25, 0.3) is 49.9 Å². The van der Waals surface area contributed by atoms with Crippen LogP contribution in [0.15, 0.2) is 132 Å². The Morgan fingerprint density at radius 1 is 0.571 bits per heavy atom. The maximum absolute atomic E-state index is 6.65. The molecule has 35 heavy (non-hydrogen) atoms. The number of benzene rings is 5. The van der Waals surface area contributed by atoms with Gasteiger partial charge in [0, 0.05) is 16.5 Å². The van der Waals surface area contributed by atoms with Gasteiger partial charge >= 0.3 is 0 Å². The molecule has 5 aromatic carbocycles. The van der Waals surface area contributed by atoms with E-state index in [0.717, 1.165) is 50.7 Å². The molecule has 0 atom stereocenters. The van der Waals surface area contributed by atoms with Gasteiger partial charge in [0.15, 0.2) is 0 Å². The Morgan fingerprint density at radius 3 is 1.86 bits per heavy atom. The average molecular weight is 452 g/mol. The summed E-state index contributed by atoms with van der Waals surface area (Å²) >= 11 is 0. The summed E-state index contributed by atoms with van der Waals surface area (Å²) in [5.41, 5.74) is 16.1. The molecule has 2 heteroatoms. The summed E-state index contributed by atoms with van der Waals surface area (Å²) in [6.07, 6.45) is 2.83. The molecule has 0 aliphatic heterocycles. The monoisotopic (exact) mass is 451 g/mol.